The second-order valence-corrected chi connectivity index (χ2v) is 6.03. The van der Waals surface area contributed by atoms with Crippen molar-refractivity contribution >= 4 is 5.78 Å². The molecule has 1 aliphatic carbocycles. The molecule has 1 saturated carbocycles. The molecule has 2 fully saturated rings. The standard InChI is InChI=1S/C15H27NO2/c1-3-16(11-14-5-4-8-18-14)10-13-9-12(2)6-7-15(13)17/h12-14H,3-11H2,1-2H3. The van der Waals surface area contributed by atoms with Gasteiger partial charge in [-0.05, 0) is 38.1 Å². The van der Waals surface area contributed by atoms with Gasteiger partial charge in [0.2, 0.25) is 0 Å². The van der Waals surface area contributed by atoms with Crippen molar-refractivity contribution in [1.29, 1.82) is 0 Å². The van der Waals surface area contributed by atoms with Gasteiger partial charge in [-0.15, -0.1) is 0 Å². The Hall–Kier alpha value is -0.410. The van der Waals surface area contributed by atoms with E-state index in [0.717, 1.165) is 45.5 Å². The molecule has 0 aromatic carbocycles. The number of ether oxygens (including phenoxy) is 1. The van der Waals surface area contributed by atoms with Gasteiger partial charge in [-0.1, -0.05) is 13.8 Å². The number of carbonyl (C=O) groups is 1. The number of rotatable bonds is 5. The molecule has 3 atom stereocenters. The van der Waals surface area contributed by atoms with Gasteiger partial charge in [0.05, 0.1) is 6.10 Å². The van der Waals surface area contributed by atoms with Crippen LogP contribution in [0.25, 0.3) is 0 Å². The van der Waals surface area contributed by atoms with E-state index in [2.05, 4.69) is 18.7 Å². The van der Waals surface area contributed by atoms with E-state index in [1.807, 2.05) is 0 Å². The molecule has 0 amide bonds. The topological polar surface area (TPSA) is 29.5 Å². The van der Waals surface area contributed by atoms with Gasteiger partial charge in [-0.3, -0.25) is 4.79 Å². The summed E-state index contributed by atoms with van der Waals surface area (Å²) >= 11 is 0. The molecule has 0 bridgehead atoms. The molecule has 1 heterocycles. The van der Waals surface area contributed by atoms with Crippen LogP contribution in [0.4, 0.5) is 0 Å². The van der Waals surface area contributed by atoms with Gasteiger partial charge in [0, 0.05) is 32.0 Å². The van der Waals surface area contributed by atoms with E-state index >= 15 is 0 Å². The van der Waals surface area contributed by atoms with Crippen molar-refractivity contribution in [2.75, 3.05) is 26.2 Å². The first-order chi connectivity index (χ1) is 8.69. The number of Topliss-reactive ketones (excluding diaryl/α,β-unsaturated/α-hetero) is 1. The van der Waals surface area contributed by atoms with Crippen molar-refractivity contribution in [2.24, 2.45) is 11.8 Å². The van der Waals surface area contributed by atoms with Crippen LogP contribution in [0.1, 0.15) is 46.0 Å². The van der Waals surface area contributed by atoms with Crippen LogP contribution in [0.15, 0.2) is 0 Å². The summed E-state index contributed by atoms with van der Waals surface area (Å²) in [5.41, 5.74) is 0. The van der Waals surface area contributed by atoms with Gasteiger partial charge in [0.25, 0.3) is 0 Å². The highest BCUT2D eigenvalue weighted by atomic mass is 16.5. The van der Waals surface area contributed by atoms with E-state index in [1.165, 1.54) is 12.8 Å². The second kappa shape index (κ2) is 6.67. The summed E-state index contributed by atoms with van der Waals surface area (Å²) in [5.74, 6) is 1.48. The zero-order chi connectivity index (χ0) is 13.0. The maximum Gasteiger partial charge on any atom is 0.137 e. The lowest BCUT2D eigenvalue weighted by molar-refractivity contribution is -0.126. The zero-order valence-corrected chi connectivity index (χ0v) is 11.9. The van der Waals surface area contributed by atoms with Gasteiger partial charge < -0.3 is 9.64 Å². The Labute approximate surface area is 111 Å². The molecule has 2 rings (SSSR count). The number of hydrogen-bond acceptors (Lipinski definition) is 3. The number of hydrogen-bond donors (Lipinski definition) is 0. The summed E-state index contributed by atoms with van der Waals surface area (Å²) in [7, 11) is 0. The molecule has 18 heavy (non-hydrogen) atoms. The summed E-state index contributed by atoms with van der Waals surface area (Å²) in [5, 5.41) is 0. The number of carbonyl (C=O) groups excluding carboxylic acids is 1. The molecule has 0 aromatic rings. The van der Waals surface area contributed by atoms with Crippen LogP contribution in [-0.2, 0) is 9.53 Å². The number of likely N-dealkylation sites (N-methyl/N-ethyl adjacent to an activating group) is 1. The van der Waals surface area contributed by atoms with Crippen LogP contribution in [0.3, 0.4) is 0 Å². The molecule has 3 unspecified atom stereocenters. The molecule has 3 heteroatoms. The minimum atomic E-state index is 0.273. The fraction of sp³-hybridized carbons (Fsp3) is 0.933. The molecule has 2 aliphatic rings. The molecule has 0 N–H and O–H groups in total. The third-order valence-electron chi connectivity index (χ3n) is 4.44. The highest BCUT2D eigenvalue weighted by Crippen LogP contribution is 2.27. The molecule has 104 valence electrons. The van der Waals surface area contributed by atoms with Crippen molar-refractivity contribution in [3.05, 3.63) is 0 Å². The Morgan fingerprint density at radius 3 is 2.83 bits per heavy atom. The Kier molecular flexibility index (Phi) is 5.19. The first-order valence-corrected chi connectivity index (χ1v) is 7.55. The average Bonchev–Trinajstić information content (AvgIpc) is 2.85. The third-order valence-corrected chi connectivity index (χ3v) is 4.44. The lowest BCUT2D eigenvalue weighted by Gasteiger charge is -2.31. The van der Waals surface area contributed by atoms with Gasteiger partial charge in [0.1, 0.15) is 5.78 Å². The van der Waals surface area contributed by atoms with Crippen LogP contribution in [0, 0.1) is 11.8 Å². The van der Waals surface area contributed by atoms with Gasteiger partial charge >= 0.3 is 0 Å². The molecule has 0 aromatic heterocycles. The fourth-order valence-electron chi connectivity index (χ4n) is 3.22. The van der Waals surface area contributed by atoms with E-state index in [-0.39, 0.29) is 5.92 Å². The maximum absolute atomic E-state index is 12.0. The summed E-state index contributed by atoms with van der Waals surface area (Å²) < 4.78 is 5.70. The fourth-order valence-corrected chi connectivity index (χ4v) is 3.22. The predicted octanol–water partition coefficient (Wildman–Crippen LogP) is 2.49. The predicted molar refractivity (Wildman–Crippen MR) is 72.6 cm³/mol. The van der Waals surface area contributed by atoms with E-state index in [4.69, 9.17) is 4.74 Å². The second-order valence-electron chi connectivity index (χ2n) is 6.03. The normalized spacial score (nSPS) is 33.3. The first-order valence-electron chi connectivity index (χ1n) is 7.55. The van der Waals surface area contributed by atoms with E-state index in [0.29, 0.717) is 17.8 Å². The number of nitrogens with zero attached hydrogens (tertiary/aromatic N) is 1. The molecule has 1 saturated heterocycles. The zero-order valence-electron chi connectivity index (χ0n) is 11.9. The quantitative estimate of drug-likeness (QED) is 0.754. The van der Waals surface area contributed by atoms with Gasteiger partial charge in [0.15, 0.2) is 0 Å². The third kappa shape index (κ3) is 3.79. The minimum Gasteiger partial charge on any atom is -0.377 e. The Morgan fingerprint density at radius 2 is 2.17 bits per heavy atom. The van der Waals surface area contributed by atoms with Crippen LogP contribution in [0.5, 0.6) is 0 Å². The van der Waals surface area contributed by atoms with E-state index in [9.17, 15) is 4.79 Å². The lowest BCUT2D eigenvalue weighted by atomic mass is 9.81. The Bertz CT molecular complexity index is 274. The monoisotopic (exact) mass is 253 g/mol. The lowest BCUT2D eigenvalue weighted by Crippen LogP contribution is -2.39. The summed E-state index contributed by atoms with van der Waals surface area (Å²) in [6, 6.07) is 0. The maximum atomic E-state index is 12.0. The van der Waals surface area contributed by atoms with Crippen molar-refractivity contribution in [3.8, 4) is 0 Å². The smallest absolute Gasteiger partial charge is 0.137 e. The average molecular weight is 253 g/mol. The van der Waals surface area contributed by atoms with E-state index in [1.54, 1.807) is 0 Å². The molecular weight excluding hydrogens is 226 g/mol. The molecule has 0 spiro atoms. The highest BCUT2D eigenvalue weighted by molar-refractivity contribution is 5.81. The van der Waals surface area contributed by atoms with Gasteiger partial charge in [-0.25, -0.2) is 0 Å². The summed E-state index contributed by atoms with van der Waals surface area (Å²) in [6.45, 7) is 8.36. The van der Waals surface area contributed by atoms with Crippen LogP contribution >= 0.6 is 0 Å². The van der Waals surface area contributed by atoms with Crippen molar-refractivity contribution in [3.63, 3.8) is 0 Å². The Morgan fingerprint density at radius 1 is 1.33 bits per heavy atom. The molecule has 1 aliphatic heterocycles. The van der Waals surface area contributed by atoms with Crippen molar-refractivity contribution in [2.45, 2.75) is 52.1 Å². The summed E-state index contributed by atoms with van der Waals surface area (Å²) in [6.07, 6.45) is 5.76. The van der Waals surface area contributed by atoms with Crippen LogP contribution in [-0.4, -0.2) is 43.0 Å². The molecule has 0 radical (unpaired) electrons. The van der Waals surface area contributed by atoms with Gasteiger partial charge in [-0.2, -0.15) is 0 Å². The largest absolute Gasteiger partial charge is 0.377 e. The first kappa shape index (κ1) is 14.0. The molecular formula is C15H27NO2. The van der Waals surface area contributed by atoms with Crippen molar-refractivity contribution in [1.82, 2.24) is 4.90 Å². The van der Waals surface area contributed by atoms with E-state index < -0.39 is 0 Å². The van der Waals surface area contributed by atoms with Crippen LogP contribution < -0.4 is 0 Å². The van der Waals surface area contributed by atoms with Crippen molar-refractivity contribution < 1.29 is 9.53 Å². The minimum absolute atomic E-state index is 0.273. The number of ketones is 1. The van der Waals surface area contributed by atoms with Crippen LogP contribution in [0.2, 0.25) is 0 Å². The highest BCUT2D eigenvalue weighted by Gasteiger charge is 2.28. The molecule has 3 nitrogen and oxygen atoms in total. The summed E-state index contributed by atoms with van der Waals surface area (Å²) in [4.78, 5) is 14.4. The SMILES string of the molecule is CCN(CC1CCCO1)CC1CC(C)CCC1=O. The Balaban J connectivity index is 1.82.